The van der Waals surface area contributed by atoms with Crippen molar-refractivity contribution in [1.82, 2.24) is 9.80 Å². The topological polar surface area (TPSA) is 135 Å². The summed E-state index contributed by atoms with van der Waals surface area (Å²) in [5, 5.41) is 12.0. The Labute approximate surface area is 311 Å². The summed E-state index contributed by atoms with van der Waals surface area (Å²) in [5.41, 5.74) is 8.26. The van der Waals surface area contributed by atoms with Crippen LogP contribution in [0.5, 0.6) is 0 Å². The first-order valence-corrected chi connectivity index (χ1v) is 19.6. The van der Waals surface area contributed by atoms with Gasteiger partial charge in [0.05, 0.1) is 30.0 Å². The van der Waals surface area contributed by atoms with Crippen molar-refractivity contribution in [3.63, 3.8) is 0 Å². The van der Waals surface area contributed by atoms with Crippen molar-refractivity contribution in [2.45, 2.75) is 69.6 Å². The van der Waals surface area contributed by atoms with Crippen molar-refractivity contribution in [3.05, 3.63) is 111 Å². The number of rotatable bonds is 18. The summed E-state index contributed by atoms with van der Waals surface area (Å²) < 4.78 is 40.3. The number of nitrogens with zero attached hydrogens (tertiary/aromatic N) is 3. The first-order chi connectivity index (χ1) is 24.4. The van der Waals surface area contributed by atoms with E-state index in [1.807, 2.05) is 67.6 Å². The minimum Gasteiger partial charge on any atom is -0.494 e. The highest BCUT2D eigenvalue weighted by Crippen LogP contribution is 2.39. The SMILES string of the molecule is COCC(N=C(N)CC[C@@H](C)CN1C(O)=C(S(=O)(=O)c2ccc(Br)cc2)C(=O)N(C(COC)c2ccccc2)[C@@H]1CCC(C)C)c1ccccc1. The predicted octanol–water partition coefficient (Wildman–Crippen LogP) is 7.41. The minimum absolute atomic E-state index is 0.0793. The van der Waals surface area contributed by atoms with Crippen molar-refractivity contribution in [1.29, 1.82) is 0 Å². The van der Waals surface area contributed by atoms with Gasteiger partial charge in [-0.2, -0.15) is 0 Å². The van der Waals surface area contributed by atoms with Gasteiger partial charge in [-0.05, 0) is 66.5 Å². The molecule has 1 aliphatic heterocycles. The maximum Gasteiger partial charge on any atom is 0.273 e. The lowest BCUT2D eigenvalue weighted by molar-refractivity contribution is -0.144. The molecule has 0 saturated heterocycles. The minimum atomic E-state index is -4.45. The largest absolute Gasteiger partial charge is 0.494 e. The number of aliphatic imine (C=N–C) groups is 1. The number of methoxy groups -OCH3 is 2. The van der Waals surface area contributed by atoms with Crippen LogP contribution in [0.15, 0.2) is 110 Å². The second-order valence-electron chi connectivity index (χ2n) is 13.5. The molecule has 12 heteroatoms. The average Bonchev–Trinajstić information content (AvgIpc) is 3.11. The van der Waals surface area contributed by atoms with Crippen LogP contribution in [0.3, 0.4) is 0 Å². The van der Waals surface area contributed by atoms with Gasteiger partial charge in [-0.3, -0.25) is 9.79 Å². The zero-order valence-corrected chi connectivity index (χ0v) is 32.5. The lowest BCUT2D eigenvalue weighted by Crippen LogP contribution is -2.58. The highest BCUT2D eigenvalue weighted by molar-refractivity contribution is 9.10. The standard InChI is InChI=1S/C39H51BrN4O6S/c1-27(2)16-23-36-43(24-28(3)17-22-35(41)42-33(25-49-4)29-12-8-6-9-13-29)38(45)37(51(47,48)32-20-18-31(40)19-21-32)39(46)44(36)34(26-50-5)30-14-10-7-11-15-30/h6-15,18-21,27-28,33-34,36,45H,16-17,22-26H2,1-5H3,(H2,41,42)/t28-,33?,34?,36-/m1/s1. The van der Waals surface area contributed by atoms with E-state index >= 15 is 0 Å². The molecule has 0 aromatic heterocycles. The van der Waals surface area contributed by atoms with Crippen molar-refractivity contribution >= 4 is 37.5 Å². The Morgan fingerprint density at radius 1 is 0.902 bits per heavy atom. The second-order valence-corrected chi connectivity index (χ2v) is 16.3. The zero-order valence-electron chi connectivity index (χ0n) is 30.1. The molecule has 0 fully saturated rings. The monoisotopic (exact) mass is 782 g/mol. The van der Waals surface area contributed by atoms with Crippen molar-refractivity contribution in [2.75, 3.05) is 34.0 Å². The Morgan fingerprint density at radius 2 is 1.49 bits per heavy atom. The molecule has 3 N–H and O–H groups in total. The number of sulfone groups is 1. The van der Waals surface area contributed by atoms with Crippen LogP contribution in [-0.2, 0) is 24.1 Å². The van der Waals surface area contributed by atoms with E-state index < -0.39 is 38.7 Å². The van der Waals surface area contributed by atoms with Crippen molar-refractivity contribution in [3.8, 4) is 0 Å². The summed E-state index contributed by atoms with van der Waals surface area (Å²) in [6, 6.07) is 24.4. The number of aliphatic hydroxyl groups excluding tert-OH is 1. The van der Waals surface area contributed by atoms with E-state index in [1.165, 1.54) is 12.1 Å². The predicted molar refractivity (Wildman–Crippen MR) is 205 cm³/mol. The molecule has 1 amide bonds. The molecular formula is C39H51BrN4O6S. The number of hydrogen-bond donors (Lipinski definition) is 2. The normalized spacial score (nSPS) is 17.6. The van der Waals surface area contributed by atoms with Crippen LogP contribution < -0.4 is 5.73 Å². The molecule has 0 bridgehead atoms. The molecule has 0 aliphatic carbocycles. The number of amidine groups is 1. The van der Waals surface area contributed by atoms with E-state index in [0.717, 1.165) is 17.5 Å². The molecule has 0 saturated carbocycles. The molecule has 0 spiro atoms. The van der Waals surface area contributed by atoms with Crippen LogP contribution in [0.25, 0.3) is 0 Å². The fraction of sp³-hybridized carbons (Fsp3) is 0.436. The Bertz CT molecular complexity index is 1740. The third kappa shape index (κ3) is 10.2. The summed E-state index contributed by atoms with van der Waals surface area (Å²) in [7, 11) is -1.26. The van der Waals surface area contributed by atoms with E-state index in [1.54, 1.807) is 36.2 Å². The first-order valence-electron chi connectivity index (χ1n) is 17.3. The van der Waals surface area contributed by atoms with Gasteiger partial charge in [0.1, 0.15) is 12.2 Å². The summed E-state index contributed by atoms with van der Waals surface area (Å²) in [6.45, 7) is 6.99. The molecule has 2 unspecified atom stereocenters. The zero-order chi connectivity index (χ0) is 37.1. The third-order valence-electron chi connectivity index (χ3n) is 9.06. The van der Waals surface area contributed by atoms with Crippen LogP contribution >= 0.6 is 15.9 Å². The molecule has 3 aromatic rings. The number of ether oxygens (including phenoxy) is 2. The fourth-order valence-electron chi connectivity index (χ4n) is 6.37. The average molecular weight is 784 g/mol. The maximum atomic E-state index is 14.7. The number of amides is 1. The van der Waals surface area contributed by atoms with Crippen LogP contribution in [0, 0.1) is 11.8 Å². The number of carbonyl (C=O) groups is 1. The van der Waals surface area contributed by atoms with Gasteiger partial charge in [0.15, 0.2) is 4.91 Å². The van der Waals surface area contributed by atoms with E-state index in [0.29, 0.717) is 42.1 Å². The van der Waals surface area contributed by atoms with E-state index in [2.05, 4.69) is 29.8 Å². The van der Waals surface area contributed by atoms with Gasteiger partial charge in [-0.1, -0.05) is 97.4 Å². The van der Waals surface area contributed by atoms with Crippen LogP contribution in [0.2, 0.25) is 0 Å². The Kier molecular flexibility index (Phi) is 14.7. The van der Waals surface area contributed by atoms with Gasteiger partial charge in [0.25, 0.3) is 5.91 Å². The van der Waals surface area contributed by atoms with Crippen molar-refractivity contribution < 1.29 is 27.8 Å². The van der Waals surface area contributed by atoms with Gasteiger partial charge < -0.3 is 30.1 Å². The number of halogens is 1. The third-order valence-corrected chi connectivity index (χ3v) is 11.4. The molecule has 51 heavy (non-hydrogen) atoms. The highest BCUT2D eigenvalue weighted by Gasteiger charge is 2.48. The van der Waals surface area contributed by atoms with Gasteiger partial charge in [0.2, 0.25) is 15.7 Å². The molecule has 10 nitrogen and oxygen atoms in total. The molecule has 0 radical (unpaired) electrons. The molecule has 1 heterocycles. The molecule has 276 valence electrons. The van der Waals surface area contributed by atoms with Gasteiger partial charge in [-0.25, -0.2) is 8.42 Å². The van der Waals surface area contributed by atoms with Crippen molar-refractivity contribution in [2.24, 2.45) is 22.6 Å². The van der Waals surface area contributed by atoms with Crippen LogP contribution in [0.4, 0.5) is 0 Å². The molecule has 4 rings (SSSR count). The van der Waals surface area contributed by atoms with Gasteiger partial charge in [-0.15, -0.1) is 0 Å². The highest BCUT2D eigenvalue weighted by atomic mass is 79.9. The first kappa shape index (κ1) is 40.1. The number of aliphatic hydroxyl groups is 1. The number of nitrogens with two attached hydrogens (primary N) is 1. The summed E-state index contributed by atoms with van der Waals surface area (Å²) in [5.74, 6) is -0.625. The molecule has 1 aliphatic rings. The summed E-state index contributed by atoms with van der Waals surface area (Å²) in [6.07, 6.45) is 1.66. The quantitative estimate of drug-likeness (QED) is 0.101. The lowest BCUT2D eigenvalue weighted by Gasteiger charge is -2.48. The second kappa shape index (κ2) is 18.7. The molecule has 4 atom stereocenters. The number of carbonyl (C=O) groups excluding carboxylic acids is 1. The smallest absolute Gasteiger partial charge is 0.273 e. The molecule has 3 aromatic carbocycles. The summed E-state index contributed by atoms with van der Waals surface area (Å²) in [4.78, 5) is 22.0. The van der Waals surface area contributed by atoms with E-state index in [9.17, 15) is 18.3 Å². The maximum absolute atomic E-state index is 14.7. The van der Waals surface area contributed by atoms with Gasteiger partial charge in [0, 0.05) is 31.7 Å². The number of hydrogen-bond acceptors (Lipinski definition) is 8. The lowest BCUT2D eigenvalue weighted by atomic mass is 9.98. The van der Waals surface area contributed by atoms with Crippen LogP contribution in [-0.4, -0.2) is 75.2 Å². The Balaban J connectivity index is 1.76. The number of benzene rings is 3. The van der Waals surface area contributed by atoms with Crippen LogP contribution in [0.1, 0.15) is 69.7 Å². The van der Waals surface area contributed by atoms with Gasteiger partial charge >= 0.3 is 0 Å². The Morgan fingerprint density at radius 3 is 2.06 bits per heavy atom. The van der Waals surface area contributed by atoms with E-state index in [-0.39, 0.29) is 30.0 Å². The summed E-state index contributed by atoms with van der Waals surface area (Å²) >= 11 is 3.36. The molecular weight excluding hydrogens is 732 g/mol. The Hall–Kier alpha value is -3.71. The van der Waals surface area contributed by atoms with E-state index in [4.69, 9.17) is 20.2 Å². The fourth-order valence-corrected chi connectivity index (χ4v) is 8.06.